The minimum absolute atomic E-state index is 0.192. The van der Waals surface area contributed by atoms with Crippen LogP contribution < -0.4 is 5.32 Å². The molecule has 0 bridgehead atoms. The first kappa shape index (κ1) is 15.8. The Hall–Kier alpha value is -2.66. The lowest BCUT2D eigenvalue weighted by molar-refractivity contribution is -0.132. The largest absolute Gasteiger partial charge is 0.326 e. The minimum atomic E-state index is -0.994. The molecule has 1 atom stereocenters. The third kappa shape index (κ3) is 2.70. The van der Waals surface area contributed by atoms with E-state index in [-0.39, 0.29) is 11.9 Å². The lowest BCUT2D eigenvalue weighted by Crippen LogP contribution is -2.45. The molecule has 2 heterocycles. The summed E-state index contributed by atoms with van der Waals surface area (Å²) in [5.74, 6) is -0.192. The number of urea groups is 1. The van der Waals surface area contributed by atoms with Crippen LogP contribution in [0.5, 0.6) is 0 Å². The zero-order chi connectivity index (χ0) is 17.4. The Morgan fingerprint density at radius 1 is 1.00 bits per heavy atom. The van der Waals surface area contributed by atoms with Crippen LogP contribution in [0.3, 0.4) is 0 Å². The number of fused-ring (bicyclic) bond motifs is 1. The molecule has 1 fully saturated rings. The van der Waals surface area contributed by atoms with Crippen molar-refractivity contribution in [2.75, 3.05) is 13.2 Å². The summed E-state index contributed by atoms with van der Waals surface area (Å²) in [4.78, 5) is 28.9. The van der Waals surface area contributed by atoms with E-state index in [0.717, 1.165) is 25.1 Å². The molecule has 1 saturated heterocycles. The Balaban J connectivity index is 1.52. The molecule has 2 aliphatic rings. The van der Waals surface area contributed by atoms with E-state index in [0.29, 0.717) is 6.67 Å². The molecule has 5 nitrogen and oxygen atoms in total. The number of hydrogen-bond acceptors (Lipinski definition) is 3. The maximum Gasteiger partial charge on any atom is 0.326 e. The number of rotatable bonds is 3. The van der Waals surface area contributed by atoms with Gasteiger partial charge in [0.15, 0.2) is 0 Å². The molecule has 2 aromatic rings. The van der Waals surface area contributed by atoms with E-state index < -0.39 is 5.54 Å². The van der Waals surface area contributed by atoms with Crippen molar-refractivity contribution in [3.05, 3.63) is 71.3 Å². The molecule has 1 N–H and O–H groups in total. The zero-order valence-electron chi connectivity index (χ0n) is 14.2. The van der Waals surface area contributed by atoms with Crippen molar-refractivity contribution in [2.24, 2.45) is 0 Å². The van der Waals surface area contributed by atoms with Gasteiger partial charge in [-0.15, -0.1) is 0 Å². The number of imide groups is 1. The van der Waals surface area contributed by atoms with Gasteiger partial charge in [-0.3, -0.25) is 9.69 Å². The van der Waals surface area contributed by atoms with Crippen LogP contribution in [0, 0.1) is 0 Å². The van der Waals surface area contributed by atoms with E-state index in [1.54, 1.807) is 6.92 Å². The first-order valence-electron chi connectivity index (χ1n) is 8.57. The molecule has 5 heteroatoms. The van der Waals surface area contributed by atoms with E-state index >= 15 is 0 Å². The highest BCUT2D eigenvalue weighted by atomic mass is 16.2. The Morgan fingerprint density at radius 2 is 1.68 bits per heavy atom. The normalized spacial score (nSPS) is 23.5. The monoisotopic (exact) mass is 335 g/mol. The maximum absolute atomic E-state index is 13.0. The molecule has 0 radical (unpaired) electrons. The predicted octanol–water partition coefficient (Wildman–Crippen LogP) is 2.47. The molecular formula is C20H21N3O2. The van der Waals surface area contributed by atoms with E-state index in [2.05, 4.69) is 28.4 Å². The zero-order valence-corrected chi connectivity index (χ0v) is 14.2. The van der Waals surface area contributed by atoms with Gasteiger partial charge in [0, 0.05) is 13.1 Å². The number of carbonyl (C=O) groups is 2. The van der Waals surface area contributed by atoms with Crippen molar-refractivity contribution < 1.29 is 9.59 Å². The van der Waals surface area contributed by atoms with Gasteiger partial charge in [-0.1, -0.05) is 54.6 Å². The predicted molar refractivity (Wildman–Crippen MR) is 94.6 cm³/mol. The van der Waals surface area contributed by atoms with Gasteiger partial charge in [0.05, 0.1) is 6.67 Å². The molecule has 3 amide bonds. The second kappa shape index (κ2) is 6.01. The first-order valence-corrected chi connectivity index (χ1v) is 8.57. The fourth-order valence-corrected chi connectivity index (χ4v) is 3.67. The molecule has 128 valence electrons. The fourth-order valence-electron chi connectivity index (χ4n) is 3.67. The van der Waals surface area contributed by atoms with Gasteiger partial charge < -0.3 is 5.32 Å². The van der Waals surface area contributed by atoms with Gasteiger partial charge in [0.2, 0.25) is 0 Å². The second-order valence-corrected chi connectivity index (χ2v) is 6.87. The van der Waals surface area contributed by atoms with Crippen LogP contribution in [-0.2, 0) is 23.3 Å². The van der Waals surface area contributed by atoms with Crippen molar-refractivity contribution in [3.8, 4) is 0 Å². The molecule has 0 unspecified atom stereocenters. The van der Waals surface area contributed by atoms with Crippen LogP contribution in [-0.4, -0.2) is 35.0 Å². The third-order valence-electron chi connectivity index (χ3n) is 5.18. The molecule has 25 heavy (non-hydrogen) atoms. The summed E-state index contributed by atoms with van der Waals surface area (Å²) in [6.07, 6.45) is 0.940. The van der Waals surface area contributed by atoms with Gasteiger partial charge in [0.25, 0.3) is 5.91 Å². The van der Waals surface area contributed by atoms with Crippen molar-refractivity contribution in [1.82, 2.24) is 15.1 Å². The highest BCUT2D eigenvalue weighted by molar-refractivity contribution is 6.07. The fraction of sp³-hybridized carbons (Fsp3) is 0.300. The molecule has 0 spiro atoms. The molecule has 0 saturated carbocycles. The van der Waals surface area contributed by atoms with Gasteiger partial charge >= 0.3 is 6.03 Å². The summed E-state index contributed by atoms with van der Waals surface area (Å²) in [5, 5.41) is 2.87. The Labute approximate surface area is 147 Å². The smallest absolute Gasteiger partial charge is 0.319 e. The summed E-state index contributed by atoms with van der Waals surface area (Å²) < 4.78 is 0. The first-order chi connectivity index (χ1) is 12.1. The van der Waals surface area contributed by atoms with Crippen LogP contribution in [0.2, 0.25) is 0 Å². The molecule has 0 aliphatic carbocycles. The van der Waals surface area contributed by atoms with Crippen molar-refractivity contribution >= 4 is 11.9 Å². The number of hydrogen-bond donors (Lipinski definition) is 1. The van der Waals surface area contributed by atoms with Crippen molar-refractivity contribution in [3.63, 3.8) is 0 Å². The van der Waals surface area contributed by atoms with E-state index in [1.807, 2.05) is 36.4 Å². The van der Waals surface area contributed by atoms with E-state index in [9.17, 15) is 9.59 Å². The topological polar surface area (TPSA) is 52.7 Å². The van der Waals surface area contributed by atoms with Gasteiger partial charge in [-0.25, -0.2) is 9.69 Å². The SMILES string of the molecule is C[C@@]1(c2ccccc2)NC(=O)N(CN2CCc3ccccc3C2)C1=O. The third-order valence-corrected chi connectivity index (χ3v) is 5.18. The quantitative estimate of drug-likeness (QED) is 0.877. The molecule has 2 aliphatic heterocycles. The van der Waals surface area contributed by atoms with Crippen LogP contribution in [0.4, 0.5) is 4.79 Å². The summed E-state index contributed by atoms with van der Waals surface area (Å²) >= 11 is 0. The standard InChI is InChI=1S/C20H21N3O2/c1-20(17-9-3-2-4-10-17)18(24)23(19(25)21-20)14-22-12-11-15-7-5-6-8-16(15)13-22/h2-10H,11-14H2,1H3,(H,21,25)/t20-/m0/s1. The number of benzene rings is 2. The minimum Gasteiger partial charge on any atom is -0.319 e. The average Bonchev–Trinajstić information content (AvgIpc) is 2.86. The van der Waals surface area contributed by atoms with E-state index in [1.165, 1.54) is 16.0 Å². The van der Waals surface area contributed by atoms with Crippen molar-refractivity contribution in [1.29, 1.82) is 0 Å². The lowest BCUT2D eigenvalue weighted by Gasteiger charge is -2.31. The van der Waals surface area contributed by atoms with Crippen LogP contribution in [0.25, 0.3) is 0 Å². The molecule has 4 rings (SSSR count). The van der Waals surface area contributed by atoms with Crippen LogP contribution in [0.15, 0.2) is 54.6 Å². The summed E-state index contributed by atoms with van der Waals surface area (Å²) in [5.41, 5.74) is 2.43. The summed E-state index contributed by atoms with van der Waals surface area (Å²) in [7, 11) is 0. The van der Waals surface area contributed by atoms with Gasteiger partial charge in [-0.05, 0) is 30.0 Å². The second-order valence-electron chi connectivity index (χ2n) is 6.87. The Morgan fingerprint density at radius 3 is 2.44 bits per heavy atom. The highest BCUT2D eigenvalue weighted by Gasteiger charge is 2.49. The summed E-state index contributed by atoms with van der Waals surface area (Å²) in [6, 6.07) is 17.4. The number of carbonyl (C=O) groups excluding carboxylic acids is 2. The maximum atomic E-state index is 13.0. The molecule has 0 aromatic heterocycles. The Bertz CT molecular complexity index is 821. The molecule has 2 aromatic carbocycles. The number of amides is 3. The summed E-state index contributed by atoms with van der Waals surface area (Å²) in [6.45, 7) is 3.70. The number of nitrogens with one attached hydrogen (secondary N) is 1. The van der Waals surface area contributed by atoms with Gasteiger partial charge in [-0.2, -0.15) is 0 Å². The molecular weight excluding hydrogens is 314 g/mol. The van der Waals surface area contributed by atoms with Gasteiger partial charge in [0.1, 0.15) is 5.54 Å². The highest BCUT2D eigenvalue weighted by Crippen LogP contribution is 2.29. The van der Waals surface area contributed by atoms with Crippen LogP contribution in [0.1, 0.15) is 23.6 Å². The van der Waals surface area contributed by atoms with E-state index in [4.69, 9.17) is 0 Å². The van der Waals surface area contributed by atoms with Crippen LogP contribution >= 0.6 is 0 Å². The average molecular weight is 335 g/mol. The number of nitrogens with zero attached hydrogens (tertiary/aromatic N) is 2. The lowest BCUT2D eigenvalue weighted by atomic mass is 9.92. The Kier molecular flexibility index (Phi) is 3.81. The van der Waals surface area contributed by atoms with Crippen molar-refractivity contribution in [2.45, 2.75) is 25.4 Å².